The molecule has 0 radical (unpaired) electrons. The van der Waals surface area contributed by atoms with Gasteiger partial charge >= 0.3 is 6.03 Å². The van der Waals surface area contributed by atoms with E-state index in [4.69, 9.17) is 69.6 Å². The molecule has 0 unspecified atom stereocenters. The molecule has 1 atom stereocenters. The van der Waals surface area contributed by atoms with Crippen LogP contribution in [0.4, 0.5) is 4.79 Å². The zero-order valence-electron chi connectivity index (χ0n) is 16.9. The topological polar surface area (TPSA) is 41.1 Å². The highest BCUT2D eigenvalue weighted by Crippen LogP contribution is 2.63. The molecule has 0 heterocycles. The summed E-state index contributed by atoms with van der Waals surface area (Å²) in [6, 6.07) is 28.5. The van der Waals surface area contributed by atoms with Gasteiger partial charge in [0.25, 0.3) is 0 Å². The number of urea groups is 1. The summed E-state index contributed by atoms with van der Waals surface area (Å²) in [6.45, 7) is 0. The highest BCUT2D eigenvalue weighted by atomic mass is 35.6. The fourth-order valence-corrected chi connectivity index (χ4v) is 8.56. The third kappa shape index (κ3) is 6.10. The smallest absolute Gasteiger partial charge is 0.317 e. The molecule has 0 aliphatic carbocycles. The SMILES string of the molecule is O=C(NC(=C(Cl)Cl)[P+](c1ccccc1)(c1ccccc1)c1ccccc1)N[C@@H](Cl)C(Cl)(Cl)Cl. The molecular weight excluding hydrogens is 564 g/mol. The molecule has 3 aromatic carbocycles. The van der Waals surface area contributed by atoms with Gasteiger partial charge in [-0.2, -0.15) is 0 Å². The van der Waals surface area contributed by atoms with E-state index in [0.717, 1.165) is 15.9 Å². The molecule has 0 fully saturated rings. The van der Waals surface area contributed by atoms with Gasteiger partial charge in [-0.1, -0.05) is 124 Å². The lowest BCUT2D eigenvalue weighted by Crippen LogP contribution is -2.47. The first kappa shape index (κ1) is 26.4. The van der Waals surface area contributed by atoms with Crippen LogP contribution in [-0.2, 0) is 0 Å². The maximum atomic E-state index is 12.9. The first-order valence-corrected chi connectivity index (χ1v) is 13.7. The Bertz CT molecular complexity index is 1010. The highest BCUT2D eigenvalue weighted by Gasteiger charge is 2.52. The van der Waals surface area contributed by atoms with Gasteiger partial charge in [0.1, 0.15) is 15.9 Å². The zero-order valence-corrected chi connectivity index (χ0v) is 22.3. The molecule has 0 aromatic heterocycles. The summed E-state index contributed by atoms with van der Waals surface area (Å²) in [5.41, 5.74) is -0.976. The predicted molar refractivity (Wildman–Crippen MR) is 145 cm³/mol. The van der Waals surface area contributed by atoms with Crippen molar-refractivity contribution in [3.8, 4) is 0 Å². The summed E-state index contributed by atoms with van der Waals surface area (Å²) in [5, 5.41) is 8.02. The van der Waals surface area contributed by atoms with Gasteiger partial charge in [-0.15, -0.1) is 0 Å². The average molecular weight is 582 g/mol. The molecule has 10 heteroatoms. The van der Waals surface area contributed by atoms with E-state index >= 15 is 0 Å². The molecule has 172 valence electrons. The number of rotatable bonds is 6. The molecule has 33 heavy (non-hydrogen) atoms. The molecule has 2 N–H and O–H groups in total. The summed E-state index contributed by atoms with van der Waals surface area (Å²) in [5.74, 6) is 0. The standard InChI is InChI=1S/C23H17Cl6N2OP/c24-19(25)20(30-22(32)31-21(26)23(27,28)29)33(16-10-4-1-5-11-16,17-12-6-2-7-13-17)18-14-8-3-9-15-18/h1-15,21H,(H-,30,31,32)/p+1/t21-/m1/s1. The second-order valence-corrected chi connectivity index (χ2v) is 13.9. The van der Waals surface area contributed by atoms with E-state index in [1.165, 1.54) is 0 Å². The van der Waals surface area contributed by atoms with Crippen LogP contribution in [0.25, 0.3) is 0 Å². The maximum Gasteiger partial charge on any atom is 0.323 e. The van der Waals surface area contributed by atoms with Gasteiger partial charge in [-0.25, -0.2) is 4.79 Å². The van der Waals surface area contributed by atoms with E-state index in [9.17, 15) is 4.79 Å². The monoisotopic (exact) mass is 579 g/mol. The number of carbonyl (C=O) groups is 1. The van der Waals surface area contributed by atoms with Crippen LogP contribution in [0.5, 0.6) is 0 Å². The van der Waals surface area contributed by atoms with Crippen LogP contribution < -0.4 is 26.5 Å². The van der Waals surface area contributed by atoms with Gasteiger partial charge in [0, 0.05) is 0 Å². The normalized spacial score (nSPS) is 12.5. The molecular formula is C23H18Cl6N2OP+. The van der Waals surface area contributed by atoms with Crippen LogP contribution in [0, 0.1) is 0 Å². The van der Waals surface area contributed by atoms with Crippen molar-refractivity contribution in [3.63, 3.8) is 0 Å². The van der Waals surface area contributed by atoms with Gasteiger partial charge in [0.2, 0.25) is 9.23 Å². The van der Waals surface area contributed by atoms with Crippen molar-refractivity contribution in [2.45, 2.75) is 9.29 Å². The van der Waals surface area contributed by atoms with Gasteiger partial charge in [-0.05, 0) is 36.4 Å². The first-order valence-electron chi connectivity index (χ1n) is 9.57. The van der Waals surface area contributed by atoms with Crippen molar-refractivity contribution in [3.05, 3.63) is 101 Å². The number of nitrogens with one attached hydrogen (secondary N) is 2. The first-order chi connectivity index (χ1) is 15.7. The number of benzene rings is 3. The Morgan fingerprint density at radius 3 is 1.39 bits per heavy atom. The lowest BCUT2D eigenvalue weighted by Gasteiger charge is -2.30. The van der Waals surface area contributed by atoms with E-state index in [1.807, 2.05) is 91.0 Å². The van der Waals surface area contributed by atoms with Crippen molar-refractivity contribution < 1.29 is 4.79 Å². The van der Waals surface area contributed by atoms with Gasteiger partial charge in [-0.3, -0.25) is 5.32 Å². The Morgan fingerprint density at radius 2 is 1.09 bits per heavy atom. The van der Waals surface area contributed by atoms with Crippen molar-refractivity contribution in [2.24, 2.45) is 0 Å². The predicted octanol–water partition coefficient (Wildman–Crippen LogP) is 6.82. The summed E-state index contributed by atoms with van der Waals surface area (Å²) >= 11 is 36.4. The molecule has 0 bridgehead atoms. The van der Waals surface area contributed by atoms with Crippen molar-refractivity contribution in [1.82, 2.24) is 10.6 Å². The quantitative estimate of drug-likeness (QED) is 0.187. The molecule has 2 amide bonds. The van der Waals surface area contributed by atoms with E-state index in [-0.39, 0.29) is 4.49 Å². The zero-order chi connectivity index (χ0) is 24.1. The second-order valence-electron chi connectivity index (χ2n) is 6.79. The number of carbonyl (C=O) groups excluding carboxylic acids is 1. The molecule has 3 nitrogen and oxygen atoms in total. The third-order valence-electron chi connectivity index (χ3n) is 4.72. The fourth-order valence-electron chi connectivity index (χ4n) is 3.39. The number of hydrogen-bond donors (Lipinski definition) is 2. The molecule has 0 aliphatic heterocycles. The minimum Gasteiger partial charge on any atom is -0.317 e. The largest absolute Gasteiger partial charge is 0.323 e. The van der Waals surface area contributed by atoms with Gasteiger partial charge in [0.05, 0.1) is 0 Å². The van der Waals surface area contributed by atoms with Crippen LogP contribution in [0.1, 0.15) is 0 Å². The van der Waals surface area contributed by atoms with Gasteiger partial charge in [0.15, 0.2) is 17.3 Å². The van der Waals surface area contributed by atoms with Crippen molar-refractivity contribution >= 4 is 98.8 Å². The Kier molecular flexibility index (Phi) is 9.23. The van der Waals surface area contributed by atoms with E-state index in [0.29, 0.717) is 5.44 Å². The summed E-state index contributed by atoms with van der Waals surface area (Å²) in [6.07, 6.45) is 0. The van der Waals surface area contributed by atoms with E-state index in [2.05, 4.69) is 10.6 Å². The van der Waals surface area contributed by atoms with Crippen LogP contribution in [0.2, 0.25) is 0 Å². The minimum absolute atomic E-state index is 0.102. The lowest BCUT2D eigenvalue weighted by atomic mass is 10.4. The van der Waals surface area contributed by atoms with Crippen LogP contribution >= 0.6 is 76.9 Å². The minimum atomic E-state index is -2.76. The van der Waals surface area contributed by atoms with Crippen LogP contribution in [0.15, 0.2) is 101 Å². The molecule has 3 rings (SSSR count). The van der Waals surface area contributed by atoms with Gasteiger partial charge < -0.3 is 5.32 Å². The van der Waals surface area contributed by atoms with Crippen LogP contribution in [-0.4, -0.2) is 15.3 Å². The Morgan fingerprint density at radius 1 is 0.727 bits per heavy atom. The van der Waals surface area contributed by atoms with Crippen molar-refractivity contribution in [2.75, 3.05) is 0 Å². The highest BCUT2D eigenvalue weighted by molar-refractivity contribution is 7.99. The van der Waals surface area contributed by atoms with E-state index < -0.39 is 22.6 Å². The van der Waals surface area contributed by atoms with E-state index in [1.54, 1.807) is 0 Å². The summed E-state index contributed by atoms with van der Waals surface area (Å²) in [7, 11) is -2.76. The number of amides is 2. The lowest BCUT2D eigenvalue weighted by molar-refractivity contribution is 0.243. The molecule has 0 saturated carbocycles. The molecule has 3 aromatic rings. The Hall–Kier alpha value is -1.16. The van der Waals surface area contributed by atoms with Crippen LogP contribution in [0.3, 0.4) is 0 Å². The molecule has 0 aliphatic rings. The summed E-state index contributed by atoms with van der Waals surface area (Å²) < 4.78 is -2.02. The third-order valence-corrected chi connectivity index (χ3v) is 11.0. The van der Waals surface area contributed by atoms with Crippen molar-refractivity contribution in [1.29, 1.82) is 0 Å². The number of hydrogen-bond acceptors (Lipinski definition) is 1. The Labute approximate surface area is 223 Å². The average Bonchev–Trinajstić information content (AvgIpc) is 2.80. The fraction of sp³-hybridized carbons (Fsp3) is 0.0870. The Balaban J connectivity index is 2.25. The second kappa shape index (κ2) is 11.5. The maximum absolute atomic E-state index is 12.9. The molecule has 0 saturated heterocycles. The number of halogens is 6. The molecule has 0 spiro atoms. The number of alkyl halides is 4. The summed E-state index contributed by atoms with van der Waals surface area (Å²) in [4.78, 5) is 12.9.